The topological polar surface area (TPSA) is 96.5 Å². The van der Waals surface area contributed by atoms with Gasteiger partial charge in [-0.15, -0.1) is 34.2 Å². The van der Waals surface area contributed by atoms with Gasteiger partial charge < -0.3 is 19.7 Å². The summed E-state index contributed by atoms with van der Waals surface area (Å²) in [4.78, 5) is 21.4. The summed E-state index contributed by atoms with van der Waals surface area (Å²) in [6.45, 7) is 4.39. The summed E-state index contributed by atoms with van der Waals surface area (Å²) in [7, 11) is 3.78. The first kappa shape index (κ1) is 23.7. The van der Waals surface area contributed by atoms with Gasteiger partial charge in [0.2, 0.25) is 5.91 Å². The Morgan fingerprint density at radius 1 is 1.16 bits per heavy atom. The third-order valence-electron chi connectivity index (χ3n) is 5.36. The molecule has 0 radical (unpaired) electrons. The maximum absolute atomic E-state index is 12.9. The molecule has 1 amide bonds. The van der Waals surface area contributed by atoms with E-state index >= 15 is 0 Å². The molecule has 3 heterocycles. The van der Waals surface area contributed by atoms with Gasteiger partial charge in [0, 0.05) is 33.4 Å². The number of aryl methyl sites for hydroxylation is 2. The van der Waals surface area contributed by atoms with E-state index in [-0.39, 0.29) is 36.4 Å². The van der Waals surface area contributed by atoms with E-state index in [4.69, 9.17) is 4.99 Å². The summed E-state index contributed by atoms with van der Waals surface area (Å²) in [5.41, 5.74) is 1.93. The maximum atomic E-state index is 12.9. The third-order valence-corrected chi connectivity index (χ3v) is 5.36. The zero-order chi connectivity index (χ0) is 21.8. The average Bonchev–Trinajstić information content (AvgIpc) is 3.34. The molecule has 3 aromatic rings. The van der Waals surface area contributed by atoms with Gasteiger partial charge in [-0.2, -0.15) is 5.10 Å². The Morgan fingerprint density at radius 2 is 1.94 bits per heavy atom. The molecule has 1 aromatic carbocycles. The number of carbonyl (C=O) groups is 1. The second-order valence-electron chi connectivity index (χ2n) is 7.54. The molecule has 10 nitrogen and oxygen atoms in total. The lowest BCUT2D eigenvalue weighted by Gasteiger charge is -2.35. The average molecular weight is 549 g/mol. The summed E-state index contributed by atoms with van der Waals surface area (Å²) in [5.74, 6) is 2.36. The smallest absolute Gasteiger partial charge is 0.246 e. The van der Waals surface area contributed by atoms with Crippen molar-refractivity contribution >= 4 is 41.5 Å². The summed E-state index contributed by atoms with van der Waals surface area (Å²) in [6.07, 6.45) is 3.57. The van der Waals surface area contributed by atoms with Crippen LogP contribution in [0.15, 0.2) is 47.7 Å². The van der Waals surface area contributed by atoms with Crippen molar-refractivity contribution in [3.8, 4) is 0 Å². The molecule has 32 heavy (non-hydrogen) atoms. The number of aromatic nitrogens is 5. The van der Waals surface area contributed by atoms with Crippen molar-refractivity contribution in [3.63, 3.8) is 0 Å². The van der Waals surface area contributed by atoms with E-state index in [2.05, 4.69) is 20.6 Å². The van der Waals surface area contributed by atoms with Crippen molar-refractivity contribution in [2.24, 2.45) is 19.1 Å². The first-order chi connectivity index (χ1) is 15.0. The van der Waals surface area contributed by atoms with E-state index in [1.807, 2.05) is 67.0 Å². The number of benzene rings is 1. The Labute approximate surface area is 204 Å². The van der Waals surface area contributed by atoms with Gasteiger partial charge in [-0.25, -0.2) is 4.99 Å². The van der Waals surface area contributed by atoms with Gasteiger partial charge in [0.1, 0.15) is 12.4 Å². The molecule has 2 aromatic heterocycles. The number of guanidine groups is 1. The number of halogens is 1. The highest BCUT2D eigenvalue weighted by Crippen LogP contribution is 2.16. The van der Waals surface area contributed by atoms with Crippen LogP contribution in [0.3, 0.4) is 0 Å². The second-order valence-corrected chi connectivity index (χ2v) is 7.54. The number of nitrogens with zero attached hydrogens (tertiary/aromatic N) is 8. The largest absolute Gasteiger partial charge is 0.349 e. The highest BCUT2D eigenvalue weighted by molar-refractivity contribution is 14.0. The van der Waals surface area contributed by atoms with Crippen molar-refractivity contribution in [2.75, 3.05) is 24.5 Å². The number of hydrogen-bond donors (Lipinski definition) is 1. The number of anilines is 1. The molecule has 0 unspecified atom stereocenters. The Kier molecular flexibility index (Phi) is 7.83. The molecule has 0 spiro atoms. The zero-order valence-electron chi connectivity index (χ0n) is 18.5. The molecule has 0 aliphatic carbocycles. The highest BCUT2D eigenvalue weighted by atomic mass is 127. The van der Waals surface area contributed by atoms with Crippen LogP contribution in [0.1, 0.15) is 17.2 Å². The Balaban J connectivity index is 0.00000289. The summed E-state index contributed by atoms with van der Waals surface area (Å²) in [6, 6.07) is 10.1. The van der Waals surface area contributed by atoms with Crippen molar-refractivity contribution in [3.05, 3.63) is 59.9 Å². The standard InChI is InChI=1S/C21H27N9O.HI/c1-16-25-26-19(28(16)3)13-23-21(22-11-17-7-5-4-6-8-17)29-9-10-30(20(31)15-29)18-12-24-27(2)14-18;/h4-8,12,14H,9-11,13,15H2,1-3H3,(H,22,23);1H. The number of aliphatic imine (C=N–C) groups is 1. The van der Waals surface area contributed by atoms with E-state index in [1.165, 1.54) is 0 Å². The fourth-order valence-corrected chi connectivity index (χ4v) is 3.46. The summed E-state index contributed by atoms with van der Waals surface area (Å²) >= 11 is 0. The van der Waals surface area contributed by atoms with Crippen LogP contribution in [0, 0.1) is 6.92 Å². The van der Waals surface area contributed by atoms with Crippen molar-refractivity contribution < 1.29 is 4.79 Å². The minimum Gasteiger partial charge on any atom is -0.349 e. The van der Waals surface area contributed by atoms with E-state index in [0.717, 1.165) is 22.9 Å². The van der Waals surface area contributed by atoms with E-state index in [1.54, 1.807) is 15.8 Å². The summed E-state index contributed by atoms with van der Waals surface area (Å²) < 4.78 is 3.64. The molecule has 1 N–H and O–H groups in total. The monoisotopic (exact) mass is 549 g/mol. The molecule has 170 valence electrons. The molecule has 1 saturated heterocycles. The van der Waals surface area contributed by atoms with Crippen molar-refractivity contribution in [1.29, 1.82) is 0 Å². The van der Waals surface area contributed by atoms with E-state index in [9.17, 15) is 4.79 Å². The van der Waals surface area contributed by atoms with Crippen LogP contribution in [0.5, 0.6) is 0 Å². The van der Waals surface area contributed by atoms with Gasteiger partial charge in [-0.1, -0.05) is 30.3 Å². The van der Waals surface area contributed by atoms with Gasteiger partial charge in [0.05, 0.1) is 25.0 Å². The molecule has 1 aliphatic heterocycles. The van der Waals surface area contributed by atoms with Crippen molar-refractivity contribution in [1.82, 2.24) is 34.8 Å². The molecular weight excluding hydrogens is 521 g/mol. The zero-order valence-corrected chi connectivity index (χ0v) is 20.8. The van der Waals surface area contributed by atoms with Crippen LogP contribution < -0.4 is 10.2 Å². The minimum atomic E-state index is 0. The lowest BCUT2D eigenvalue weighted by Crippen LogP contribution is -2.55. The lowest BCUT2D eigenvalue weighted by molar-refractivity contribution is -0.120. The van der Waals surface area contributed by atoms with Gasteiger partial charge in [-0.05, 0) is 12.5 Å². The molecule has 1 aliphatic rings. The predicted octanol–water partition coefficient (Wildman–Crippen LogP) is 1.47. The molecule has 4 rings (SSSR count). The molecule has 0 bridgehead atoms. The number of rotatable bonds is 5. The van der Waals surface area contributed by atoms with Crippen molar-refractivity contribution in [2.45, 2.75) is 20.0 Å². The van der Waals surface area contributed by atoms with Gasteiger partial charge in [0.15, 0.2) is 11.8 Å². The molecular formula is C21H28IN9O. The first-order valence-electron chi connectivity index (χ1n) is 10.2. The van der Waals surface area contributed by atoms with Crippen LogP contribution in [0.2, 0.25) is 0 Å². The van der Waals surface area contributed by atoms with E-state index in [0.29, 0.717) is 32.1 Å². The number of amides is 1. The lowest BCUT2D eigenvalue weighted by atomic mass is 10.2. The number of carbonyl (C=O) groups excluding carboxylic acids is 1. The SMILES string of the molecule is Cc1nnc(CNC(=NCc2ccccc2)N2CCN(c3cnn(C)c3)C(=O)C2)n1C.I. The van der Waals surface area contributed by atoms with Gasteiger partial charge in [0.25, 0.3) is 0 Å². The van der Waals surface area contributed by atoms with E-state index < -0.39 is 0 Å². The van der Waals surface area contributed by atoms with Crippen LogP contribution in [-0.2, 0) is 32.0 Å². The summed E-state index contributed by atoms with van der Waals surface area (Å²) in [5, 5.41) is 15.9. The normalized spacial score (nSPS) is 14.5. The quantitative estimate of drug-likeness (QED) is 0.294. The number of hydrogen-bond acceptors (Lipinski definition) is 5. The van der Waals surface area contributed by atoms with Crippen LogP contribution in [-0.4, -0.2) is 60.9 Å². The molecule has 0 saturated carbocycles. The molecule has 0 atom stereocenters. The Bertz CT molecular complexity index is 1080. The Hall–Kier alpha value is -2.96. The number of nitrogens with one attached hydrogen (secondary N) is 1. The Morgan fingerprint density at radius 3 is 2.56 bits per heavy atom. The second kappa shape index (κ2) is 10.6. The third kappa shape index (κ3) is 5.44. The minimum absolute atomic E-state index is 0. The first-order valence-corrected chi connectivity index (χ1v) is 10.2. The van der Waals surface area contributed by atoms with Gasteiger partial charge in [-0.3, -0.25) is 9.48 Å². The van der Waals surface area contributed by atoms with Crippen LogP contribution in [0.25, 0.3) is 0 Å². The predicted molar refractivity (Wildman–Crippen MR) is 133 cm³/mol. The fourth-order valence-electron chi connectivity index (χ4n) is 3.46. The number of piperazine rings is 1. The fraction of sp³-hybridized carbons (Fsp3) is 0.381. The van der Waals surface area contributed by atoms with Crippen LogP contribution >= 0.6 is 24.0 Å². The van der Waals surface area contributed by atoms with Gasteiger partial charge >= 0.3 is 0 Å². The molecule has 11 heteroatoms. The van der Waals surface area contributed by atoms with Crippen LogP contribution in [0.4, 0.5) is 5.69 Å². The maximum Gasteiger partial charge on any atom is 0.246 e. The highest BCUT2D eigenvalue weighted by Gasteiger charge is 2.28. The molecule has 1 fully saturated rings.